The van der Waals surface area contributed by atoms with E-state index in [0.717, 1.165) is 6.42 Å². The van der Waals surface area contributed by atoms with E-state index in [4.69, 9.17) is 0 Å². The Morgan fingerprint density at radius 2 is 1.17 bits per heavy atom. The summed E-state index contributed by atoms with van der Waals surface area (Å²) in [5, 5.41) is 10.3. The second-order valence-electron chi connectivity index (χ2n) is 5.81. The highest BCUT2D eigenvalue weighted by atomic mass is 16.3. The van der Waals surface area contributed by atoms with Gasteiger partial charge in [0.2, 0.25) is 0 Å². The number of hydrogen-bond donors (Lipinski definition) is 1. The first-order valence-electron chi connectivity index (χ1n) is 8.44. The minimum absolute atomic E-state index is 0.0385. The molecular formula is C17H36O. The fourth-order valence-electron chi connectivity index (χ4n) is 2.75. The highest BCUT2D eigenvalue weighted by Gasteiger charge is 2.17. The molecule has 0 saturated heterocycles. The fraction of sp³-hybridized carbons (Fsp3) is 1.00. The predicted molar refractivity (Wildman–Crippen MR) is 81.9 cm³/mol. The molecule has 0 aromatic carbocycles. The quantitative estimate of drug-likeness (QED) is 0.419. The summed E-state index contributed by atoms with van der Waals surface area (Å²) >= 11 is 0. The number of unbranched alkanes of at least 4 members (excludes halogenated alkanes) is 6. The molecule has 0 fully saturated rings. The van der Waals surface area contributed by atoms with Crippen LogP contribution in [0, 0.1) is 5.92 Å². The molecular weight excluding hydrogens is 220 g/mol. The molecule has 0 spiro atoms. The van der Waals surface area contributed by atoms with Crippen LogP contribution >= 0.6 is 0 Å². The van der Waals surface area contributed by atoms with Crippen LogP contribution in [0.15, 0.2) is 0 Å². The smallest absolute Gasteiger partial charge is 0.0568 e. The summed E-state index contributed by atoms with van der Waals surface area (Å²) in [6.07, 6.45) is 15.1. The second kappa shape index (κ2) is 13.4. The maximum absolute atomic E-state index is 10.3. The molecule has 18 heavy (non-hydrogen) atoms. The van der Waals surface area contributed by atoms with E-state index in [0.29, 0.717) is 5.92 Å². The zero-order chi connectivity index (χ0) is 13.6. The van der Waals surface area contributed by atoms with E-state index in [1.165, 1.54) is 70.6 Å². The largest absolute Gasteiger partial charge is 0.393 e. The van der Waals surface area contributed by atoms with Gasteiger partial charge in [0.25, 0.3) is 0 Å². The molecule has 2 atom stereocenters. The van der Waals surface area contributed by atoms with Gasteiger partial charge in [0.05, 0.1) is 6.10 Å². The van der Waals surface area contributed by atoms with Gasteiger partial charge in [-0.05, 0) is 25.2 Å². The van der Waals surface area contributed by atoms with Gasteiger partial charge in [0.1, 0.15) is 0 Å². The lowest BCUT2D eigenvalue weighted by Crippen LogP contribution is -2.20. The zero-order valence-electron chi connectivity index (χ0n) is 13.1. The zero-order valence-corrected chi connectivity index (χ0v) is 13.1. The molecule has 0 radical (unpaired) electrons. The molecule has 0 saturated carbocycles. The van der Waals surface area contributed by atoms with Crippen LogP contribution in [0.1, 0.15) is 97.8 Å². The van der Waals surface area contributed by atoms with Gasteiger partial charge in [-0.15, -0.1) is 0 Å². The number of aliphatic hydroxyl groups excluding tert-OH is 1. The van der Waals surface area contributed by atoms with Crippen molar-refractivity contribution in [3.63, 3.8) is 0 Å². The van der Waals surface area contributed by atoms with Gasteiger partial charge >= 0.3 is 0 Å². The van der Waals surface area contributed by atoms with E-state index in [1.807, 2.05) is 0 Å². The van der Waals surface area contributed by atoms with E-state index in [1.54, 1.807) is 0 Å². The predicted octanol–water partition coefficient (Wildman–Crippen LogP) is 5.70. The molecule has 2 unspecified atom stereocenters. The van der Waals surface area contributed by atoms with Gasteiger partial charge in [-0.3, -0.25) is 0 Å². The Labute approximate surface area is 115 Å². The van der Waals surface area contributed by atoms with Crippen LogP contribution in [0.2, 0.25) is 0 Å². The SMILES string of the molecule is CCCCCCCC(O)C(CCC)CCCCC. The highest BCUT2D eigenvalue weighted by Crippen LogP contribution is 2.23. The summed E-state index contributed by atoms with van der Waals surface area (Å²) in [6.45, 7) is 6.74. The van der Waals surface area contributed by atoms with Crippen molar-refractivity contribution in [1.29, 1.82) is 0 Å². The van der Waals surface area contributed by atoms with Crippen LogP contribution in [0.25, 0.3) is 0 Å². The Bertz CT molecular complexity index is 156. The van der Waals surface area contributed by atoms with E-state index in [-0.39, 0.29) is 6.10 Å². The van der Waals surface area contributed by atoms with E-state index < -0.39 is 0 Å². The van der Waals surface area contributed by atoms with Gasteiger partial charge in [0.15, 0.2) is 0 Å². The van der Waals surface area contributed by atoms with Crippen LogP contribution in [-0.4, -0.2) is 11.2 Å². The Kier molecular flexibility index (Phi) is 13.4. The fourth-order valence-corrected chi connectivity index (χ4v) is 2.75. The summed E-state index contributed by atoms with van der Waals surface area (Å²) in [4.78, 5) is 0. The second-order valence-corrected chi connectivity index (χ2v) is 5.81. The number of hydrogen-bond acceptors (Lipinski definition) is 1. The third kappa shape index (κ3) is 9.94. The molecule has 110 valence electrons. The van der Waals surface area contributed by atoms with Gasteiger partial charge < -0.3 is 5.11 Å². The third-order valence-corrected chi connectivity index (χ3v) is 3.99. The lowest BCUT2D eigenvalue weighted by atomic mass is 9.88. The summed E-state index contributed by atoms with van der Waals surface area (Å²) in [5.41, 5.74) is 0. The summed E-state index contributed by atoms with van der Waals surface area (Å²) in [7, 11) is 0. The first-order valence-corrected chi connectivity index (χ1v) is 8.44. The molecule has 0 bridgehead atoms. The molecule has 0 aromatic rings. The molecule has 0 amide bonds. The van der Waals surface area contributed by atoms with Gasteiger partial charge in [0, 0.05) is 0 Å². The molecule has 0 heterocycles. The van der Waals surface area contributed by atoms with Crippen molar-refractivity contribution < 1.29 is 5.11 Å². The Hall–Kier alpha value is -0.0400. The van der Waals surface area contributed by atoms with Crippen LogP contribution in [0.5, 0.6) is 0 Å². The summed E-state index contributed by atoms with van der Waals surface area (Å²) in [6, 6.07) is 0. The van der Waals surface area contributed by atoms with Crippen molar-refractivity contribution in [2.24, 2.45) is 5.92 Å². The molecule has 0 rings (SSSR count). The summed E-state index contributed by atoms with van der Waals surface area (Å²) < 4.78 is 0. The molecule has 0 aliphatic carbocycles. The van der Waals surface area contributed by atoms with Crippen LogP contribution in [0.4, 0.5) is 0 Å². The van der Waals surface area contributed by atoms with Crippen molar-refractivity contribution in [2.45, 2.75) is 104 Å². The van der Waals surface area contributed by atoms with Gasteiger partial charge in [-0.25, -0.2) is 0 Å². The van der Waals surface area contributed by atoms with Crippen molar-refractivity contribution >= 4 is 0 Å². The molecule has 1 N–H and O–H groups in total. The van der Waals surface area contributed by atoms with Crippen molar-refractivity contribution in [2.75, 3.05) is 0 Å². The normalized spacial score (nSPS) is 14.7. The van der Waals surface area contributed by atoms with Crippen molar-refractivity contribution in [3.8, 4) is 0 Å². The number of rotatable bonds is 13. The Morgan fingerprint density at radius 3 is 1.78 bits per heavy atom. The summed E-state index contributed by atoms with van der Waals surface area (Å²) in [5.74, 6) is 0.563. The maximum Gasteiger partial charge on any atom is 0.0568 e. The van der Waals surface area contributed by atoms with Crippen LogP contribution in [0.3, 0.4) is 0 Å². The van der Waals surface area contributed by atoms with Crippen molar-refractivity contribution in [3.05, 3.63) is 0 Å². The Balaban J connectivity index is 3.71. The topological polar surface area (TPSA) is 20.2 Å². The van der Waals surface area contributed by atoms with Crippen molar-refractivity contribution in [1.82, 2.24) is 0 Å². The van der Waals surface area contributed by atoms with E-state index in [9.17, 15) is 5.11 Å². The maximum atomic E-state index is 10.3. The van der Waals surface area contributed by atoms with Crippen LogP contribution < -0.4 is 0 Å². The standard InChI is InChI=1S/C17H36O/c1-4-7-9-10-12-15-17(18)16(13-6-3)14-11-8-5-2/h16-18H,4-15H2,1-3H3. The highest BCUT2D eigenvalue weighted by molar-refractivity contribution is 4.69. The molecule has 1 heteroatoms. The Morgan fingerprint density at radius 1 is 0.611 bits per heavy atom. The first kappa shape index (κ1) is 18.0. The minimum atomic E-state index is -0.0385. The van der Waals surface area contributed by atoms with E-state index >= 15 is 0 Å². The third-order valence-electron chi connectivity index (χ3n) is 3.99. The van der Waals surface area contributed by atoms with Crippen LogP contribution in [-0.2, 0) is 0 Å². The molecule has 0 aliphatic rings. The minimum Gasteiger partial charge on any atom is -0.393 e. The van der Waals surface area contributed by atoms with E-state index in [2.05, 4.69) is 20.8 Å². The molecule has 0 aromatic heterocycles. The average Bonchev–Trinajstić information content (AvgIpc) is 2.37. The average molecular weight is 256 g/mol. The monoisotopic (exact) mass is 256 g/mol. The van der Waals surface area contributed by atoms with Gasteiger partial charge in [-0.1, -0.05) is 78.6 Å². The number of aliphatic hydroxyl groups is 1. The first-order chi connectivity index (χ1) is 8.76. The lowest BCUT2D eigenvalue weighted by molar-refractivity contribution is 0.0842. The lowest BCUT2D eigenvalue weighted by Gasteiger charge is -2.22. The molecule has 0 aliphatic heterocycles. The molecule has 1 nitrogen and oxygen atoms in total. The van der Waals surface area contributed by atoms with Gasteiger partial charge in [-0.2, -0.15) is 0 Å².